The topological polar surface area (TPSA) is 75.8 Å². The number of primary amides is 1. The first kappa shape index (κ1) is 10.2. The molecule has 0 heterocycles. The molecule has 14 heavy (non-hydrogen) atoms. The third-order valence-electron chi connectivity index (χ3n) is 1.66. The predicted molar refractivity (Wildman–Crippen MR) is 51.8 cm³/mol. The number of nitrogens with two attached hydrogens (primary N) is 1. The number of carbonyl (C=O) groups is 1. The fourth-order valence-electron chi connectivity index (χ4n) is 1.09. The first-order chi connectivity index (χ1) is 6.72. The first-order valence-electron chi connectivity index (χ1n) is 4.13. The number of amides is 1. The molecule has 1 aromatic carbocycles. The molecule has 0 aromatic heterocycles. The largest absolute Gasteiger partial charge is 0.368 e. The summed E-state index contributed by atoms with van der Waals surface area (Å²) in [6, 6.07) is 9.26. The van der Waals surface area contributed by atoms with Gasteiger partial charge in [-0.15, -0.1) is 4.91 Å². The maximum atomic E-state index is 10.5. The van der Waals surface area contributed by atoms with Gasteiger partial charge >= 0.3 is 0 Å². The van der Waals surface area contributed by atoms with E-state index >= 15 is 0 Å². The minimum atomic E-state index is -0.569. The quantitative estimate of drug-likeness (QED) is 0.551. The second-order valence-electron chi connectivity index (χ2n) is 2.86. The minimum Gasteiger partial charge on any atom is -0.368 e. The summed E-state index contributed by atoms with van der Waals surface area (Å²) in [6.07, 6.45) is 0. The van der Waals surface area contributed by atoms with Gasteiger partial charge in [0.25, 0.3) is 0 Å². The van der Waals surface area contributed by atoms with Crippen molar-refractivity contribution in [2.45, 2.75) is 6.54 Å². The molecule has 0 radical (unpaired) electrons. The average molecular weight is 193 g/mol. The third kappa shape index (κ3) is 3.22. The SMILES string of the molecule is NC(=O)CN(Cc1ccccc1)N=O. The van der Waals surface area contributed by atoms with Crippen LogP contribution >= 0.6 is 0 Å². The Hall–Kier alpha value is -1.91. The van der Waals surface area contributed by atoms with E-state index in [0.717, 1.165) is 10.6 Å². The molecule has 1 aromatic rings. The standard InChI is InChI=1S/C9H11N3O2/c10-9(13)7-12(11-14)6-8-4-2-1-3-5-8/h1-5H,6-7H2,(H2,10,13). The van der Waals surface area contributed by atoms with Crippen molar-refractivity contribution < 1.29 is 4.79 Å². The van der Waals surface area contributed by atoms with Crippen LogP contribution < -0.4 is 5.73 Å². The Morgan fingerprint density at radius 2 is 2.00 bits per heavy atom. The Labute approximate surface area is 81.5 Å². The summed E-state index contributed by atoms with van der Waals surface area (Å²) in [4.78, 5) is 20.9. The zero-order valence-electron chi connectivity index (χ0n) is 7.59. The Morgan fingerprint density at radius 1 is 1.36 bits per heavy atom. The number of nitroso groups, excluding NO2 is 1. The Balaban J connectivity index is 2.57. The van der Waals surface area contributed by atoms with Crippen molar-refractivity contribution in [3.63, 3.8) is 0 Å². The second-order valence-corrected chi connectivity index (χ2v) is 2.86. The number of rotatable bonds is 5. The molecular formula is C9H11N3O2. The molecule has 5 nitrogen and oxygen atoms in total. The van der Waals surface area contributed by atoms with Crippen molar-refractivity contribution in [2.24, 2.45) is 11.0 Å². The predicted octanol–water partition coefficient (Wildman–Crippen LogP) is 0.655. The van der Waals surface area contributed by atoms with Gasteiger partial charge in [-0.2, -0.15) is 0 Å². The van der Waals surface area contributed by atoms with Crippen molar-refractivity contribution in [1.29, 1.82) is 0 Å². The van der Waals surface area contributed by atoms with E-state index in [4.69, 9.17) is 5.73 Å². The summed E-state index contributed by atoms with van der Waals surface area (Å²) < 4.78 is 0. The molecule has 0 aliphatic heterocycles. The van der Waals surface area contributed by atoms with Crippen LogP contribution in [0.15, 0.2) is 35.6 Å². The molecule has 1 amide bonds. The molecule has 0 fully saturated rings. The van der Waals surface area contributed by atoms with Crippen LogP contribution in [0.4, 0.5) is 0 Å². The molecule has 0 saturated carbocycles. The minimum absolute atomic E-state index is 0.154. The lowest BCUT2D eigenvalue weighted by Crippen LogP contribution is -2.29. The molecule has 74 valence electrons. The van der Waals surface area contributed by atoms with Crippen LogP contribution in [0.2, 0.25) is 0 Å². The summed E-state index contributed by atoms with van der Waals surface area (Å²) >= 11 is 0. The lowest BCUT2D eigenvalue weighted by molar-refractivity contribution is -0.119. The van der Waals surface area contributed by atoms with Gasteiger partial charge in [0.1, 0.15) is 6.54 Å². The van der Waals surface area contributed by atoms with Crippen LogP contribution in [0.3, 0.4) is 0 Å². The Bertz CT molecular complexity index is 313. The van der Waals surface area contributed by atoms with Crippen LogP contribution in [-0.2, 0) is 11.3 Å². The van der Waals surface area contributed by atoms with Crippen LogP contribution in [0.1, 0.15) is 5.56 Å². The van der Waals surface area contributed by atoms with E-state index in [-0.39, 0.29) is 6.54 Å². The highest BCUT2D eigenvalue weighted by Gasteiger charge is 2.06. The number of benzene rings is 1. The highest BCUT2D eigenvalue weighted by Crippen LogP contribution is 2.03. The zero-order valence-corrected chi connectivity index (χ0v) is 7.59. The summed E-state index contributed by atoms with van der Waals surface area (Å²) in [5, 5.41) is 3.79. The van der Waals surface area contributed by atoms with Gasteiger partial charge in [-0.1, -0.05) is 30.3 Å². The summed E-state index contributed by atoms with van der Waals surface area (Å²) in [6.45, 7) is 0.145. The average Bonchev–Trinajstić information content (AvgIpc) is 2.17. The summed E-state index contributed by atoms with van der Waals surface area (Å²) in [7, 11) is 0. The van der Waals surface area contributed by atoms with E-state index in [1.54, 1.807) is 0 Å². The van der Waals surface area contributed by atoms with Crippen molar-refractivity contribution >= 4 is 5.91 Å². The highest BCUT2D eigenvalue weighted by molar-refractivity contribution is 5.75. The molecule has 5 heteroatoms. The fraction of sp³-hybridized carbons (Fsp3) is 0.222. The van der Waals surface area contributed by atoms with Crippen molar-refractivity contribution in [3.05, 3.63) is 40.8 Å². The molecule has 0 saturated heterocycles. The van der Waals surface area contributed by atoms with E-state index in [1.165, 1.54) is 0 Å². The fourth-order valence-corrected chi connectivity index (χ4v) is 1.09. The number of hydrogen-bond donors (Lipinski definition) is 1. The molecule has 2 N–H and O–H groups in total. The zero-order chi connectivity index (χ0) is 10.4. The van der Waals surface area contributed by atoms with Gasteiger partial charge in [-0.3, -0.25) is 4.79 Å². The van der Waals surface area contributed by atoms with Gasteiger partial charge in [0.2, 0.25) is 5.91 Å². The van der Waals surface area contributed by atoms with Crippen molar-refractivity contribution in [3.8, 4) is 0 Å². The van der Waals surface area contributed by atoms with E-state index in [2.05, 4.69) is 5.29 Å². The first-order valence-corrected chi connectivity index (χ1v) is 4.13. The lowest BCUT2D eigenvalue weighted by atomic mass is 10.2. The van der Waals surface area contributed by atoms with E-state index in [0.29, 0.717) is 6.54 Å². The molecule has 0 aliphatic rings. The van der Waals surface area contributed by atoms with Crippen molar-refractivity contribution in [1.82, 2.24) is 5.01 Å². The van der Waals surface area contributed by atoms with Crippen LogP contribution in [-0.4, -0.2) is 17.5 Å². The third-order valence-corrected chi connectivity index (χ3v) is 1.66. The van der Waals surface area contributed by atoms with Gasteiger partial charge in [0.15, 0.2) is 0 Å². The summed E-state index contributed by atoms with van der Waals surface area (Å²) in [5.41, 5.74) is 5.85. The second kappa shape index (κ2) is 4.96. The van der Waals surface area contributed by atoms with Crippen LogP contribution in [0, 0.1) is 4.91 Å². The maximum absolute atomic E-state index is 10.5. The van der Waals surface area contributed by atoms with E-state index < -0.39 is 5.91 Å². The van der Waals surface area contributed by atoms with Gasteiger partial charge in [0, 0.05) is 0 Å². The molecule has 0 unspecified atom stereocenters. The van der Waals surface area contributed by atoms with Gasteiger partial charge in [-0.05, 0) is 5.56 Å². The highest BCUT2D eigenvalue weighted by atomic mass is 16.3. The van der Waals surface area contributed by atoms with Crippen LogP contribution in [0.5, 0.6) is 0 Å². The smallest absolute Gasteiger partial charge is 0.238 e. The number of carbonyl (C=O) groups excluding carboxylic acids is 1. The monoisotopic (exact) mass is 193 g/mol. The molecule has 0 aliphatic carbocycles. The van der Waals surface area contributed by atoms with Crippen molar-refractivity contribution in [2.75, 3.05) is 6.54 Å². The molecule has 1 rings (SSSR count). The van der Waals surface area contributed by atoms with Gasteiger partial charge in [-0.25, -0.2) is 5.01 Å². The lowest BCUT2D eigenvalue weighted by Gasteiger charge is -2.12. The van der Waals surface area contributed by atoms with E-state index in [1.807, 2.05) is 30.3 Å². The van der Waals surface area contributed by atoms with E-state index in [9.17, 15) is 9.70 Å². The normalized spacial score (nSPS) is 9.43. The molecule has 0 atom stereocenters. The van der Waals surface area contributed by atoms with Gasteiger partial charge < -0.3 is 5.73 Å². The number of nitrogens with zero attached hydrogens (tertiary/aromatic N) is 2. The summed E-state index contributed by atoms with van der Waals surface area (Å²) in [5.74, 6) is -0.569. The van der Waals surface area contributed by atoms with Crippen LogP contribution in [0.25, 0.3) is 0 Å². The Morgan fingerprint density at radius 3 is 2.50 bits per heavy atom. The van der Waals surface area contributed by atoms with Gasteiger partial charge in [0.05, 0.1) is 11.8 Å². The maximum Gasteiger partial charge on any atom is 0.238 e. The Kier molecular flexibility index (Phi) is 3.60. The molecule has 0 spiro atoms. The molecule has 0 bridgehead atoms. The number of hydrogen-bond acceptors (Lipinski definition) is 3. The molecular weight excluding hydrogens is 182 g/mol.